The number of hydrogen-bond acceptors (Lipinski definition) is 2. The second-order valence-corrected chi connectivity index (χ2v) is 2.18. The molecule has 0 unspecified atom stereocenters. The van der Waals surface area contributed by atoms with Crippen LogP contribution < -0.4 is 5.73 Å². The fourth-order valence-corrected chi connectivity index (χ4v) is 0.758. The van der Waals surface area contributed by atoms with Crippen molar-refractivity contribution in [3.05, 3.63) is 29.8 Å². The van der Waals surface area contributed by atoms with Gasteiger partial charge in [0.05, 0.1) is 0 Å². The molecule has 2 heteroatoms. The van der Waals surface area contributed by atoms with Crippen molar-refractivity contribution < 1.29 is 4.79 Å². The van der Waals surface area contributed by atoms with Crippen molar-refractivity contribution in [1.29, 1.82) is 0 Å². The number of anilines is 1. The third kappa shape index (κ3) is 3.19. The average molecular weight is 165 g/mol. The van der Waals surface area contributed by atoms with Gasteiger partial charge in [-0.05, 0) is 19.1 Å². The smallest absolute Gasteiger partial charge is 0.159 e. The van der Waals surface area contributed by atoms with Crippen LogP contribution in [0, 0.1) is 0 Å². The number of nitrogens with two attached hydrogens (primary N) is 1. The minimum Gasteiger partial charge on any atom is -0.399 e. The average Bonchev–Trinajstić information content (AvgIpc) is 2.08. The maximum absolute atomic E-state index is 10.7. The quantitative estimate of drug-likeness (QED) is 0.513. The molecule has 0 aliphatic rings. The molecule has 0 amide bonds. The Balaban J connectivity index is 0.000000561. The Bertz CT molecular complexity index is 256. The first-order valence-corrected chi connectivity index (χ1v) is 4.06. The summed E-state index contributed by atoms with van der Waals surface area (Å²) in [6.07, 6.45) is 0. The van der Waals surface area contributed by atoms with Gasteiger partial charge in [-0.15, -0.1) is 0 Å². The third-order valence-electron chi connectivity index (χ3n) is 1.29. The molecule has 1 rings (SSSR count). The molecule has 1 aromatic rings. The zero-order chi connectivity index (χ0) is 9.56. The van der Waals surface area contributed by atoms with Crippen LogP contribution in [-0.2, 0) is 0 Å². The normalized spacial score (nSPS) is 8.25. The molecule has 12 heavy (non-hydrogen) atoms. The van der Waals surface area contributed by atoms with Crippen LogP contribution in [0.3, 0.4) is 0 Å². The Kier molecular flexibility index (Phi) is 4.77. The van der Waals surface area contributed by atoms with Gasteiger partial charge in [0.15, 0.2) is 5.78 Å². The van der Waals surface area contributed by atoms with Crippen molar-refractivity contribution in [2.75, 3.05) is 5.73 Å². The van der Waals surface area contributed by atoms with Crippen molar-refractivity contribution in [2.24, 2.45) is 0 Å². The number of Topliss-reactive ketones (excluding diaryl/α,β-unsaturated/α-hetero) is 1. The fraction of sp³-hybridized carbons (Fsp3) is 0.300. The van der Waals surface area contributed by atoms with Crippen LogP contribution >= 0.6 is 0 Å². The Labute approximate surface area is 73.4 Å². The molecule has 0 atom stereocenters. The van der Waals surface area contributed by atoms with Crippen LogP contribution in [0.4, 0.5) is 5.69 Å². The highest BCUT2D eigenvalue weighted by Crippen LogP contribution is 2.06. The largest absolute Gasteiger partial charge is 0.399 e. The molecule has 0 radical (unpaired) electrons. The summed E-state index contributed by atoms with van der Waals surface area (Å²) in [5.41, 5.74) is 6.74. The molecule has 0 fully saturated rings. The van der Waals surface area contributed by atoms with Crippen molar-refractivity contribution in [2.45, 2.75) is 20.8 Å². The highest BCUT2D eigenvalue weighted by molar-refractivity contribution is 5.94. The standard InChI is InChI=1S/C8H9NO.C2H6/c1-6(10)7-3-2-4-8(9)5-7;1-2/h2-5H,9H2,1H3;1-2H3. The second-order valence-electron chi connectivity index (χ2n) is 2.18. The molecule has 0 aromatic heterocycles. The zero-order valence-electron chi connectivity index (χ0n) is 7.79. The third-order valence-corrected chi connectivity index (χ3v) is 1.29. The lowest BCUT2D eigenvalue weighted by molar-refractivity contribution is 0.101. The minimum absolute atomic E-state index is 0.0484. The zero-order valence-corrected chi connectivity index (χ0v) is 7.79. The van der Waals surface area contributed by atoms with Gasteiger partial charge in [0.25, 0.3) is 0 Å². The first kappa shape index (κ1) is 10.7. The Morgan fingerprint density at radius 2 is 1.92 bits per heavy atom. The molecule has 2 nitrogen and oxygen atoms in total. The van der Waals surface area contributed by atoms with Gasteiger partial charge < -0.3 is 5.73 Å². The molecule has 0 saturated carbocycles. The van der Waals surface area contributed by atoms with E-state index < -0.39 is 0 Å². The number of rotatable bonds is 1. The van der Waals surface area contributed by atoms with Crippen LogP contribution in [0.1, 0.15) is 31.1 Å². The molecule has 66 valence electrons. The Morgan fingerprint density at radius 3 is 2.25 bits per heavy atom. The maximum Gasteiger partial charge on any atom is 0.159 e. The molecule has 0 heterocycles. The van der Waals surface area contributed by atoms with E-state index in [0.29, 0.717) is 11.3 Å². The Morgan fingerprint density at radius 1 is 1.33 bits per heavy atom. The summed E-state index contributed by atoms with van der Waals surface area (Å²) in [7, 11) is 0. The lowest BCUT2D eigenvalue weighted by Crippen LogP contribution is -1.93. The predicted molar refractivity (Wildman–Crippen MR) is 52.2 cm³/mol. The molecule has 0 aliphatic heterocycles. The van der Waals surface area contributed by atoms with Gasteiger partial charge in [0, 0.05) is 11.3 Å². The van der Waals surface area contributed by atoms with E-state index >= 15 is 0 Å². The molecular weight excluding hydrogens is 150 g/mol. The molecule has 0 saturated heterocycles. The van der Waals surface area contributed by atoms with Crippen molar-refractivity contribution >= 4 is 11.5 Å². The molecular formula is C10H15NO. The lowest BCUT2D eigenvalue weighted by Gasteiger charge is -1.94. The summed E-state index contributed by atoms with van der Waals surface area (Å²) in [5, 5.41) is 0. The SMILES string of the molecule is CC.CC(=O)c1cccc(N)c1. The number of carbonyl (C=O) groups is 1. The minimum atomic E-state index is 0.0484. The molecule has 0 bridgehead atoms. The predicted octanol–water partition coefficient (Wildman–Crippen LogP) is 2.50. The maximum atomic E-state index is 10.7. The lowest BCUT2D eigenvalue weighted by atomic mass is 10.1. The van der Waals surface area contributed by atoms with E-state index in [-0.39, 0.29) is 5.78 Å². The molecule has 0 spiro atoms. The van der Waals surface area contributed by atoms with Crippen molar-refractivity contribution in [1.82, 2.24) is 0 Å². The number of hydrogen-bond donors (Lipinski definition) is 1. The van der Waals surface area contributed by atoms with Gasteiger partial charge in [0.1, 0.15) is 0 Å². The summed E-state index contributed by atoms with van der Waals surface area (Å²) < 4.78 is 0. The second kappa shape index (κ2) is 5.35. The van der Waals surface area contributed by atoms with E-state index in [2.05, 4.69) is 0 Å². The first-order valence-electron chi connectivity index (χ1n) is 4.06. The van der Waals surface area contributed by atoms with E-state index in [9.17, 15) is 4.79 Å². The number of carbonyl (C=O) groups excluding carboxylic acids is 1. The summed E-state index contributed by atoms with van der Waals surface area (Å²) in [6.45, 7) is 5.52. The van der Waals surface area contributed by atoms with E-state index in [0.717, 1.165) is 0 Å². The van der Waals surface area contributed by atoms with E-state index in [1.54, 1.807) is 24.3 Å². The van der Waals surface area contributed by atoms with Crippen molar-refractivity contribution in [3.63, 3.8) is 0 Å². The van der Waals surface area contributed by atoms with Crippen LogP contribution in [0.25, 0.3) is 0 Å². The Hall–Kier alpha value is -1.31. The van der Waals surface area contributed by atoms with Crippen LogP contribution in [0.2, 0.25) is 0 Å². The summed E-state index contributed by atoms with van der Waals surface area (Å²) in [6, 6.07) is 6.94. The van der Waals surface area contributed by atoms with Gasteiger partial charge in [-0.2, -0.15) is 0 Å². The van der Waals surface area contributed by atoms with Crippen LogP contribution in [0.15, 0.2) is 24.3 Å². The van der Waals surface area contributed by atoms with Gasteiger partial charge in [-0.25, -0.2) is 0 Å². The number of nitrogen functional groups attached to an aromatic ring is 1. The van der Waals surface area contributed by atoms with Gasteiger partial charge in [-0.1, -0.05) is 26.0 Å². The summed E-state index contributed by atoms with van der Waals surface area (Å²) in [4.78, 5) is 10.7. The summed E-state index contributed by atoms with van der Waals surface area (Å²) in [5.74, 6) is 0.0484. The van der Waals surface area contributed by atoms with E-state index in [4.69, 9.17) is 5.73 Å². The molecule has 2 N–H and O–H groups in total. The highest BCUT2D eigenvalue weighted by atomic mass is 16.1. The number of benzene rings is 1. The van der Waals surface area contributed by atoms with E-state index in [1.165, 1.54) is 6.92 Å². The van der Waals surface area contributed by atoms with Crippen LogP contribution in [-0.4, -0.2) is 5.78 Å². The van der Waals surface area contributed by atoms with Gasteiger partial charge in [0.2, 0.25) is 0 Å². The van der Waals surface area contributed by atoms with Gasteiger partial charge in [-0.3, -0.25) is 4.79 Å². The topological polar surface area (TPSA) is 43.1 Å². The number of ketones is 1. The van der Waals surface area contributed by atoms with E-state index in [1.807, 2.05) is 13.8 Å². The first-order chi connectivity index (χ1) is 5.70. The monoisotopic (exact) mass is 165 g/mol. The molecule has 0 aliphatic carbocycles. The fourth-order valence-electron chi connectivity index (χ4n) is 0.758. The molecule has 1 aromatic carbocycles. The summed E-state index contributed by atoms with van der Waals surface area (Å²) >= 11 is 0. The highest BCUT2D eigenvalue weighted by Gasteiger charge is 1.96. The van der Waals surface area contributed by atoms with Gasteiger partial charge >= 0.3 is 0 Å². The van der Waals surface area contributed by atoms with Crippen LogP contribution in [0.5, 0.6) is 0 Å². The van der Waals surface area contributed by atoms with Crippen molar-refractivity contribution in [3.8, 4) is 0 Å².